The third-order valence-corrected chi connectivity index (χ3v) is 7.42. The summed E-state index contributed by atoms with van der Waals surface area (Å²) >= 11 is 0. The van der Waals surface area contributed by atoms with Crippen LogP contribution in [0, 0.1) is 0 Å². The minimum atomic E-state index is -0.180. The van der Waals surface area contributed by atoms with Crippen molar-refractivity contribution in [2.24, 2.45) is 0 Å². The van der Waals surface area contributed by atoms with E-state index in [4.69, 9.17) is 0 Å². The molecule has 0 amide bonds. The molecule has 38 heavy (non-hydrogen) atoms. The molecule has 4 aromatic carbocycles. The highest BCUT2D eigenvalue weighted by atomic mass is 16.3. The van der Waals surface area contributed by atoms with Gasteiger partial charge in [-0.25, -0.2) is 0 Å². The lowest BCUT2D eigenvalue weighted by Gasteiger charge is -2.31. The molecule has 0 N–H and O–H groups in total. The highest BCUT2D eigenvalue weighted by molar-refractivity contribution is 6.45. The normalized spacial score (nSPS) is 16.5. The second-order valence-corrected chi connectivity index (χ2v) is 9.76. The monoisotopic (exact) mass is 492 g/mol. The van der Waals surface area contributed by atoms with Crippen LogP contribution in [-0.4, -0.2) is 21.1 Å². The first-order valence-electron chi connectivity index (χ1n) is 12.8. The molecule has 2 heterocycles. The lowest BCUT2D eigenvalue weighted by atomic mass is 9.80. The Morgan fingerprint density at radius 1 is 0.684 bits per heavy atom. The van der Waals surface area contributed by atoms with Crippen LogP contribution in [0.2, 0.25) is 0 Å². The van der Waals surface area contributed by atoms with Crippen molar-refractivity contribution in [3.8, 4) is 0 Å². The maximum Gasteiger partial charge on any atom is 0.213 e. The van der Waals surface area contributed by atoms with Crippen molar-refractivity contribution in [3.05, 3.63) is 149 Å². The number of ketones is 1. The minimum absolute atomic E-state index is 0.180. The van der Waals surface area contributed by atoms with Gasteiger partial charge < -0.3 is 9.67 Å². The molecule has 0 saturated heterocycles. The van der Waals surface area contributed by atoms with Gasteiger partial charge in [0, 0.05) is 52.0 Å². The number of aromatic nitrogens is 1. The first kappa shape index (κ1) is 22.3. The SMILES string of the molecule is O=C1C(=C2C=[N+](Cc3ccccc3)c3ccccc32)C([O-])=C1c1cn(Cc2ccccc2)c2ccccc12. The van der Waals surface area contributed by atoms with Gasteiger partial charge in [0.15, 0.2) is 18.5 Å². The van der Waals surface area contributed by atoms with Gasteiger partial charge in [0.2, 0.25) is 5.69 Å². The fourth-order valence-electron chi connectivity index (χ4n) is 5.60. The van der Waals surface area contributed by atoms with Crippen molar-refractivity contribution >= 4 is 39.7 Å². The molecule has 7 rings (SSSR count). The van der Waals surface area contributed by atoms with Crippen LogP contribution in [0.25, 0.3) is 22.0 Å². The number of fused-ring (bicyclic) bond motifs is 2. The van der Waals surface area contributed by atoms with Crippen LogP contribution < -0.4 is 5.11 Å². The molecule has 4 heteroatoms. The van der Waals surface area contributed by atoms with Crippen molar-refractivity contribution in [3.63, 3.8) is 0 Å². The molecule has 0 spiro atoms. The lowest BCUT2D eigenvalue weighted by Crippen LogP contribution is -2.30. The fraction of sp³-hybridized carbons (Fsp3) is 0.0588. The second-order valence-electron chi connectivity index (χ2n) is 9.76. The van der Waals surface area contributed by atoms with Gasteiger partial charge in [-0.3, -0.25) is 4.79 Å². The maximum atomic E-state index is 13.7. The van der Waals surface area contributed by atoms with Crippen LogP contribution in [-0.2, 0) is 17.9 Å². The van der Waals surface area contributed by atoms with E-state index in [1.165, 1.54) is 0 Å². The summed E-state index contributed by atoms with van der Waals surface area (Å²) in [6.45, 7) is 1.33. The lowest BCUT2D eigenvalue weighted by molar-refractivity contribution is -0.449. The number of Topliss-reactive ketones (excluding diaryl/α,β-unsaturated/α-hetero) is 1. The average Bonchev–Trinajstić information content (AvgIpc) is 3.48. The Labute approximate surface area is 220 Å². The van der Waals surface area contributed by atoms with Gasteiger partial charge in [0.1, 0.15) is 0 Å². The number of carbonyl (C=O) groups excluding carboxylic acids is 1. The topological polar surface area (TPSA) is 48.1 Å². The Balaban J connectivity index is 1.33. The number of nitrogens with zero attached hydrogens (tertiary/aromatic N) is 2. The predicted octanol–water partition coefficient (Wildman–Crippen LogP) is 5.73. The van der Waals surface area contributed by atoms with E-state index in [0.29, 0.717) is 24.2 Å². The molecule has 0 unspecified atom stereocenters. The van der Waals surface area contributed by atoms with E-state index in [1.54, 1.807) is 0 Å². The van der Waals surface area contributed by atoms with Crippen LogP contribution in [0.3, 0.4) is 0 Å². The zero-order valence-electron chi connectivity index (χ0n) is 20.7. The summed E-state index contributed by atoms with van der Waals surface area (Å²) in [5.41, 5.74) is 7.24. The Kier molecular flexibility index (Phi) is 5.19. The highest BCUT2D eigenvalue weighted by Crippen LogP contribution is 2.44. The average molecular weight is 493 g/mol. The highest BCUT2D eigenvalue weighted by Gasteiger charge is 2.37. The summed E-state index contributed by atoms with van der Waals surface area (Å²) < 4.78 is 4.24. The van der Waals surface area contributed by atoms with E-state index < -0.39 is 0 Å². The summed E-state index contributed by atoms with van der Waals surface area (Å²) in [6, 6.07) is 36.3. The smallest absolute Gasteiger partial charge is 0.213 e. The molecule has 0 saturated carbocycles. The zero-order chi connectivity index (χ0) is 25.6. The van der Waals surface area contributed by atoms with Gasteiger partial charge in [-0.1, -0.05) is 96.8 Å². The summed E-state index contributed by atoms with van der Waals surface area (Å²) in [6.07, 6.45) is 3.91. The Hall–Kier alpha value is -4.96. The first-order valence-corrected chi connectivity index (χ1v) is 12.8. The van der Waals surface area contributed by atoms with E-state index in [-0.39, 0.29) is 22.7 Å². The molecule has 1 aliphatic heterocycles. The molecular formula is C34H24N2O2. The van der Waals surface area contributed by atoms with Crippen molar-refractivity contribution in [2.75, 3.05) is 0 Å². The number of allylic oxidation sites excluding steroid dienone is 3. The van der Waals surface area contributed by atoms with E-state index >= 15 is 0 Å². The number of rotatable bonds is 5. The van der Waals surface area contributed by atoms with Gasteiger partial charge in [0.25, 0.3) is 0 Å². The molecule has 0 bridgehead atoms. The Morgan fingerprint density at radius 3 is 2.11 bits per heavy atom. The first-order chi connectivity index (χ1) is 18.7. The van der Waals surface area contributed by atoms with Crippen molar-refractivity contribution in [2.45, 2.75) is 13.1 Å². The summed E-state index contributed by atoms with van der Waals surface area (Å²) in [5.74, 6) is -0.361. The van der Waals surface area contributed by atoms with E-state index in [0.717, 1.165) is 33.3 Å². The van der Waals surface area contributed by atoms with E-state index in [2.05, 4.69) is 33.4 Å². The molecular weight excluding hydrogens is 468 g/mol. The number of hydrogen-bond donors (Lipinski definition) is 0. The van der Waals surface area contributed by atoms with Crippen LogP contribution in [0.1, 0.15) is 22.3 Å². The number of hydrogen-bond acceptors (Lipinski definition) is 2. The minimum Gasteiger partial charge on any atom is -0.871 e. The van der Waals surface area contributed by atoms with Gasteiger partial charge in [-0.15, -0.1) is 0 Å². The molecule has 1 aliphatic carbocycles. The zero-order valence-corrected chi connectivity index (χ0v) is 20.7. The molecule has 0 radical (unpaired) electrons. The van der Waals surface area contributed by atoms with Gasteiger partial charge in [-0.2, -0.15) is 4.58 Å². The fourth-order valence-corrected chi connectivity index (χ4v) is 5.60. The molecule has 0 atom stereocenters. The third-order valence-electron chi connectivity index (χ3n) is 7.42. The van der Waals surface area contributed by atoms with E-state index in [1.807, 2.05) is 97.3 Å². The van der Waals surface area contributed by atoms with Gasteiger partial charge >= 0.3 is 0 Å². The van der Waals surface area contributed by atoms with Crippen molar-refractivity contribution < 1.29 is 14.5 Å². The standard InChI is InChI=1S/C34H24N2O2/c37-33-31(27-21-35(19-23-11-3-1-4-12-23)29-17-9-7-15-25(27)29)34(38)32(33)28-22-36(20-24-13-5-2-6-14-24)30-18-10-8-16-26(28)30/h1-18,21-22H,19-20H2. The van der Waals surface area contributed by atoms with Crippen LogP contribution in [0.5, 0.6) is 0 Å². The third kappa shape index (κ3) is 3.53. The molecule has 2 aliphatic rings. The number of benzene rings is 4. The summed E-state index contributed by atoms with van der Waals surface area (Å²) in [7, 11) is 0. The maximum absolute atomic E-state index is 13.7. The Bertz CT molecular complexity index is 1820. The molecule has 182 valence electrons. The summed E-state index contributed by atoms with van der Waals surface area (Å²) in [4.78, 5) is 13.7. The molecule has 1 aromatic heterocycles. The van der Waals surface area contributed by atoms with Crippen molar-refractivity contribution in [1.29, 1.82) is 0 Å². The van der Waals surface area contributed by atoms with Crippen LogP contribution >= 0.6 is 0 Å². The molecule has 4 nitrogen and oxygen atoms in total. The second kappa shape index (κ2) is 8.86. The van der Waals surface area contributed by atoms with Gasteiger partial charge in [-0.05, 0) is 17.7 Å². The largest absolute Gasteiger partial charge is 0.871 e. The summed E-state index contributed by atoms with van der Waals surface area (Å²) in [5, 5.41) is 14.6. The number of carbonyl (C=O) groups is 1. The van der Waals surface area contributed by atoms with Crippen LogP contribution in [0.4, 0.5) is 5.69 Å². The van der Waals surface area contributed by atoms with Gasteiger partial charge in [0.05, 0.1) is 11.1 Å². The predicted molar refractivity (Wildman–Crippen MR) is 149 cm³/mol. The number of para-hydroxylation sites is 2. The molecule has 0 fully saturated rings. The van der Waals surface area contributed by atoms with Crippen LogP contribution in [0.15, 0.2) is 127 Å². The van der Waals surface area contributed by atoms with E-state index in [9.17, 15) is 9.90 Å². The van der Waals surface area contributed by atoms with Crippen molar-refractivity contribution in [1.82, 2.24) is 4.57 Å². The molecule has 5 aromatic rings. The quantitative estimate of drug-likeness (QED) is 0.233. The Morgan fingerprint density at radius 2 is 1.34 bits per heavy atom.